The molecule has 1 saturated heterocycles. The summed E-state index contributed by atoms with van der Waals surface area (Å²) in [5.74, 6) is 0.491. The van der Waals surface area contributed by atoms with Gasteiger partial charge in [-0.2, -0.15) is 0 Å². The summed E-state index contributed by atoms with van der Waals surface area (Å²) in [7, 11) is 0. The Morgan fingerprint density at radius 2 is 2.04 bits per heavy atom. The fourth-order valence-corrected chi connectivity index (χ4v) is 2.82. The predicted octanol–water partition coefficient (Wildman–Crippen LogP) is 3.77. The second kappa shape index (κ2) is 7.99. The molecule has 126 valence electrons. The predicted molar refractivity (Wildman–Crippen MR) is 93.1 cm³/mol. The zero-order chi connectivity index (χ0) is 16.8. The largest absolute Gasteiger partial charge is 0.462 e. The molecule has 3 heterocycles. The third kappa shape index (κ3) is 3.84. The van der Waals surface area contributed by atoms with Gasteiger partial charge in [-0.3, -0.25) is 0 Å². The number of nitrogens with zero attached hydrogens (tertiary/aromatic N) is 3. The Balaban J connectivity index is 0.000000924. The topological polar surface area (TPSA) is 46.8 Å². The normalized spacial score (nSPS) is 15.2. The third-order valence-corrected chi connectivity index (χ3v) is 4.10. The van der Waals surface area contributed by atoms with Crippen molar-refractivity contribution < 1.29 is 9.53 Å². The molecule has 0 aromatic carbocycles. The van der Waals surface area contributed by atoms with E-state index in [0.717, 1.165) is 30.3 Å². The minimum absolute atomic E-state index is 0.278. The second-order valence-electron chi connectivity index (χ2n) is 5.66. The maximum Gasteiger partial charge on any atom is 0.339 e. The van der Waals surface area contributed by atoms with Crippen LogP contribution in [0.25, 0.3) is 5.65 Å². The number of carbonyl (C=O) groups is 1. The zero-order valence-electron chi connectivity index (χ0n) is 14.6. The molecule has 1 fully saturated rings. The zero-order valence-corrected chi connectivity index (χ0v) is 14.6. The van der Waals surface area contributed by atoms with Crippen molar-refractivity contribution in [2.75, 3.05) is 24.6 Å². The molecule has 1 aliphatic rings. The molecule has 2 aromatic rings. The van der Waals surface area contributed by atoms with Gasteiger partial charge in [-0.05, 0) is 31.7 Å². The minimum Gasteiger partial charge on any atom is -0.462 e. The van der Waals surface area contributed by atoms with Gasteiger partial charge in [-0.25, -0.2) is 9.78 Å². The van der Waals surface area contributed by atoms with E-state index in [9.17, 15) is 4.79 Å². The number of esters is 1. The van der Waals surface area contributed by atoms with Gasteiger partial charge >= 0.3 is 5.97 Å². The van der Waals surface area contributed by atoms with Crippen LogP contribution in [0.3, 0.4) is 0 Å². The SMILES string of the molecule is CC.CCOC(=O)c1cc(N2CCC(C)CC2)c2nccn2c1. The van der Waals surface area contributed by atoms with Crippen molar-refractivity contribution in [3.8, 4) is 0 Å². The minimum atomic E-state index is -0.278. The van der Waals surface area contributed by atoms with Crippen LogP contribution in [0.15, 0.2) is 24.7 Å². The number of anilines is 1. The van der Waals surface area contributed by atoms with Crippen LogP contribution in [0.1, 0.15) is 50.9 Å². The van der Waals surface area contributed by atoms with Crippen LogP contribution in [-0.4, -0.2) is 35.1 Å². The van der Waals surface area contributed by atoms with E-state index in [0.29, 0.717) is 12.2 Å². The lowest BCUT2D eigenvalue weighted by Crippen LogP contribution is -2.33. The first-order valence-corrected chi connectivity index (χ1v) is 8.58. The van der Waals surface area contributed by atoms with E-state index < -0.39 is 0 Å². The molecule has 0 radical (unpaired) electrons. The lowest BCUT2D eigenvalue weighted by molar-refractivity contribution is 0.0526. The van der Waals surface area contributed by atoms with Crippen LogP contribution in [-0.2, 0) is 4.74 Å². The number of ether oxygens (including phenoxy) is 1. The number of hydrogen-bond donors (Lipinski definition) is 0. The van der Waals surface area contributed by atoms with Gasteiger partial charge in [0.25, 0.3) is 0 Å². The first kappa shape index (κ1) is 17.3. The lowest BCUT2D eigenvalue weighted by Gasteiger charge is -2.32. The highest BCUT2D eigenvalue weighted by molar-refractivity contribution is 5.92. The summed E-state index contributed by atoms with van der Waals surface area (Å²) in [4.78, 5) is 18.8. The van der Waals surface area contributed by atoms with Crippen molar-refractivity contribution in [2.45, 2.75) is 40.5 Å². The Kier molecular flexibility index (Phi) is 6.02. The summed E-state index contributed by atoms with van der Waals surface area (Å²) in [5, 5.41) is 0. The van der Waals surface area contributed by atoms with E-state index >= 15 is 0 Å². The third-order valence-electron chi connectivity index (χ3n) is 4.10. The summed E-state index contributed by atoms with van der Waals surface area (Å²) in [6.45, 7) is 10.5. The van der Waals surface area contributed by atoms with Crippen molar-refractivity contribution in [1.29, 1.82) is 0 Å². The molecule has 0 N–H and O–H groups in total. The van der Waals surface area contributed by atoms with Crippen LogP contribution in [0.5, 0.6) is 0 Å². The van der Waals surface area contributed by atoms with E-state index in [4.69, 9.17) is 4.74 Å². The fourth-order valence-electron chi connectivity index (χ4n) is 2.82. The Hall–Kier alpha value is -2.04. The quantitative estimate of drug-likeness (QED) is 0.808. The van der Waals surface area contributed by atoms with Crippen molar-refractivity contribution in [2.24, 2.45) is 5.92 Å². The monoisotopic (exact) mass is 317 g/mol. The second-order valence-corrected chi connectivity index (χ2v) is 5.66. The molecule has 0 spiro atoms. The molecule has 0 amide bonds. The number of aromatic nitrogens is 2. The summed E-state index contributed by atoms with van der Waals surface area (Å²) in [6.07, 6.45) is 7.78. The average molecular weight is 317 g/mol. The molecule has 0 atom stereocenters. The fraction of sp³-hybridized carbons (Fsp3) is 0.556. The number of piperidine rings is 1. The highest BCUT2D eigenvalue weighted by Gasteiger charge is 2.20. The van der Waals surface area contributed by atoms with Gasteiger partial charge in [0.05, 0.1) is 17.9 Å². The van der Waals surface area contributed by atoms with E-state index in [1.807, 2.05) is 37.4 Å². The highest BCUT2D eigenvalue weighted by Crippen LogP contribution is 2.27. The maximum atomic E-state index is 12.0. The smallest absolute Gasteiger partial charge is 0.339 e. The molecule has 1 aliphatic heterocycles. The Morgan fingerprint density at radius 3 is 2.70 bits per heavy atom. The van der Waals surface area contributed by atoms with Gasteiger partial charge in [-0.1, -0.05) is 20.8 Å². The molecule has 0 unspecified atom stereocenters. The number of pyridine rings is 1. The van der Waals surface area contributed by atoms with Crippen LogP contribution >= 0.6 is 0 Å². The van der Waals surface area contributed by atoms with Crippen molar-refractivity contribution in [1.82, 2.24) is 9.38 Å². The number of carbonyl (C=O) groups excluding carboxylic acids is 1. The standard InChI is InChI=1S/C16H21N3O2.C2H6/c1-3-21-16(20)13-10-14(15-17-6-9-19(15)11-13)18-7-4-12(2)5-8-18;1-2/h6,9-12H,3-5,7-8H2,1-2H3;1-2H3. The Bertz CT molecular complexity index is 643. The molecule has 5 nitrogen and oxygen atoms in total. The summed E-state index contributed by atoms with van der Waals surface area (Å²) in [6, 6.07) is 1.91. The molecule has 23 heavy (non-hydrogen) atoms. The van der Waals surface area contributed by atoms with Crippen LogP contribution in [0, 0.1) is 5.92 Å². The molecule has 3 rings (SSSR count). The van der Waals surface area contributed by atoms with Gasteiger partial charge in [0.2, 0.25) is 0 Å². The molecule has 0 bridgehead atoms. The summed E-state index contributed by atoms with van der Waals surface area (Å²) in [5.41, 5.74) is 2.51. The van der Waals surface area contributed by atoms with E-state index in [1.165, 1.54) is 12.8 Å². The van der Waals surface area contributed by atoms with Gasteiger partial charge < -0.3 is 14.0 Å². The van der Waals surface area contributed by atoms with Crippen LogP contribution in [0.4, 0.5) is 5.69 Å². The number of hydrogen-bond acceptors (Lipinski definition) is 4. The molecule has 5 heteroatoms. The molecule has 0 aliphatic carbocycles. The van der Waals surface area contributed by atoms with E-state index in [1.54, 1.807) is 12.4 Å². The molecule has 0 saturated carbocycles. The Labute approximate surface area is 138 Å². The summed E-state index contributed by atoms with van der Waals surface area (Å²) >= 11 is 0. The van der Waals surface area contributed by atoms with Crippen molar-refractivity contribution in [3.05, 3.63) is 30.2 Å². The first-order chi connectivity index (χ1) is 11.2. The van der Waals surface area contributed by atoms with Crippen molar-refractivity contribution in [3.63, 3.8) is 0 Å². The lowest BCUT2D eigenvalue weighted by atomic mass is 9.99. The summed E-state index contributed by atoms with van der Waals surface area (Å²) < 4.78 is 7.02. The van der Waals surface area contributed by atoms with Crippen LogP contribution < -0.4 is 4.90 Å². The average Bonchev–Trinajstić information content (AvgIpc) is 3.05. The molecular formula is C18H27N3O2. The van der Waals surface area contributed by atoms with E-state index in [-0.39, 0.29) is 5.97 Å². The number of fused-ring (bicyclic) bond motifs is 1. The maximum absolute atomic E-state index is 12.0. The van der Waals surface area contributed by atoms with E-state index in [2.05, 4.69) is 16.8 Å². The first-order valence-electron chi connectivity index (χ1n) is 8.58. The van der Waals surface area contributed by atoms with Gasteiger partial charge in [0.15, 0.2) is 5.65 Å². The molecular weight excluding hydrogens is 290 g/mol. The number of rotatable bonds is 3. The highest BCUT2D eigenvalue weighted by atomic mass is 16.5. The number of imidazole rings is 1. The van der Waals surface area contributed by atoms with Gasteiger partial charge in [0.1, 0.15) is 0 Å². The Morgan fingerprint density at radius 1 is 1.35 bits per heavy atom. The van der Waals surface area contributed by atoms with Crippen LogP contribution in [0.2, 0.25) is 0 Å². The van der Waals surface area contributed by atoms with Gasteiger partial charge in [-0.15, -0.1) is 0 Å². The van der Waals surface area contributed by atoms with Crippen molar-refractivity contribution >= 4 is 17.3 Å². The van der Waals surface area contributed by atoms with Gasteiger partial charge in [0, 0.05) is 31.7 Å². The molecule has 2 aromatic heterocycles.